The van der Waals surface area contributed by atoms with Crippen LogP contribution in [0.15, 0.2) is 43.0 Å². The molecule has 0 radical (unpaired) electrons. The van der Waals surface area contributed by atoms with Gasteiger partial charge in [-0.05, 0) is 36.9 Å². The molecule has 5 heteroatoms. The van der Waals surface area contributed by atoms with Crippen molar-refractivity contribution in [2.24, 2.45) is 0 Å². The highest BCUT2D eigenvalue weighted by molar-refractivity contribution is 6.02. The molecule has 0 aliphatic rings. The van der Waals surface area contributed by atoms with E-state index in [1.165, 1.54) is 11.7 Å². The van der Waals surface area contributed by atoms with Gasteiger partial charge in [-0.1, -0.05) is 12.1 Å². The molecule has 3 aromatic heterocycles. The molecule has 3 heterocycles. The van der Waals surface area contributed by atoms with Crippen LogP contribution in [0.25, 0.3) is 33.1 Å². The summed E-state index contributed by atoms with van der Waals surface area (Å²) in [5.74, 6) is 0.519. The maximum atomic E-state index is 6.13. The highest BCUT2D eigenvalue weighted by Crippen LogP contribution is 2.35. The van der Waals surface area contributed by atoms with E-state index in [1.807, 2.05) is 6.20 Å². The predicted molar refractivity (Wildman–Crippen MR) is 89.6 cm³/mol. The number of fused-ring (bicyclic) bond motifs is 2. The standard InChI is InChI=1S/C17H17N5/c1-10(2)22-8-13(15-16(18)20-9-21-17(15)22)12-4-3-11-5-6-19-14(11)7-12/h3-10,19H,1-2H3,(H2,18,20,21). The second-order valence-electron chi connectivity index (χ2n) is 5.78. The molecular formula is C17H17N5. The van der Waals surface area contributed by atoms with Gasteiger partial charge in [0.2, 0.25) is 0 Å². The van der Waals surface area contributed by atoms with Gasteiger partial charge in [-0.15, -0.1) is 0 Å². The van der Waals surface area contributed by atoms with Crippen LogP contribution < -0.4 is 5.73 Å². The van der Waals surface area contributed by atoms with Crippen molar-refractivity contribution in [2.75, 3.05) is 5.73 Å². The van der Waals surface area contributed by atoms with Gasteiger partial charge in [0.1, 0.15) is 17.8 Å². The van der Waals surface area contributed by atoms with Gasteiger partial charge in [-0.2, -0.15) is 0 Å². The lowest BCUT2D eigenvalue weighted by atomic mass is 10.0. The molecule has 0 unspecified atom stereocenters. The monoisotopic (exact) mass is 291 g/mol. The first kappa shape index (κ1) is 12.9. The fraction of sp³-hybridized carbons (Fsp3) is 0.176. The Bertz CT molecular complexity index is 977. The smallest absolute Gasteiger partial charge is 0.146 e. The summed E-state index contributed by atoms with van der Waals surface area (Å²) in [5, 5.41) is 2.11. The minimum Gasteiger partial charge on any atom is -0.383 e. The summed E-state index contributed by atoms with van der Waals surface area (Å²) >= 11 is 0. The lowest BCUT2D eigenvalue weighted by molar-refractivity contribution is 0.618. The van der Waals surface area contributed by atoms with E-state index in [-0.39, 0.29) is 0 Å². The van der Waals surface area contributed by atoms with Crippen molar-refractivity contribution in [3.8, 4) is 11.1 Å². The van der Waals surface area contributed by atoms with E-state index in [0.717, 1.165) is 27.7 Å². The van der Waals surface area contributed by atoms with E-state index < -0.39 is 0 Å². The molecule has 0 saturated heterocycles. The summed E-state index contributed by atoms with van der Waals surface area (Å²) in [6.45, 7) is 4.27. The van der Waals surface area contributed by atoms with Crippen molar-refractivity contribution in [2.45, 2.75) is 19.9 Å². The maximum absolute atomic E-state index is 6.13. The number of anilines is 1. The van der Waals surface area contributed by atoms with E-state index in [4.69, 9.17) is 5.73 Å². The summed E-state index contributed by atoms with van der Waals surface area (Å²) in [6.07, 6.45) is 5.59. The van der Waals surface area contributed by atoms with Crippen LogP contribution in [0.3, 0.4) is 0 Å². The number of nitrogens with two attached hydrogens (primary N) is 1. The molecule has 3 N–H and O–H groups in total. The van der Waals surface area contributed by atoms with Crippen molar-refractivity contribution in [3.05, 3.63) is 43.0 Å². The van der Waals surface area contributed by atoms with Crippen LogP contribution >= 0.6 is 0 Å². The van der Waals surface area contributed by atoms with Gasteiger partial charge >= 0.3 is 0 Å². The molecule has 5 nitrogen and oxygen atoms in total. The zero-order valence-electron chi connectivity index (χ0n) is 12.5. The molecule has 0 aliphatic heterocycles. The number of nitrogens with one attached hydrogen (secondary N) is 1. The fourth-order valence-electron chi connectivity index (χ4n) is 2.94. The third kappa shape index (κ3) is 1.79. The van der Waals surface area contributed by atoms with E-state index >= 15 is 0 Å². The Kier molecular flexibility index (Phi) is 2.69. The number of benzene rings is 1. The van der Waals surface area contributed by atoms with Crippen LogP contribution in [-0.2, 0) is 0 Å². The largest absolute Gasteiger partial charge is 0.383 e. The molecule has 0 bridgehead atoms. The number of rotatable bonds is 2. The molecule has 22 heavy (non-hydrogen) atoms. The van der Waals surface area contributed by atoms with Gasteiger partial charge in [0.05, 0.1) is 5.39 Å². The SMILES string of the molecule is CC(C)n1cc(-c2ccc3cc[nH]c3c2)c2c(N)ncnc21. The molecule has 0 aliphatic carbocycles. The van der Waals surface area contributed by atoms with Gasteiger partial charge in [-0.25, -0.2) is 9.97 Å². The average molecular weight is 291 g/mol. The fourth-order valence-corrected chi connectivity index (χ4v) is 2.94. The highest BCUT2D eigenvalue weighted by atomic mass is 15.1. The minimum absolute atomic E-state index is 0.305. The quantitative estimate of drug-likeness (QED) is 0.591. The number of nitrogen functional groups attached to an aromatic ring is 1. The van der Waals surface area contributed by atoms with Gasteiger partial charge in [0.25, 0.3) is 0 Å². The minimum atomic E-state index is 0.305. The van der Waals surface area contributed by atoms with Gasteiger partial charge in [-0.3, -0.25) is 0 Å². The maximum Gasteiger partial charge on any atom is 0.146 e. The normalized spacial score (nSPS) is 11.8. The van der Waals surface area contributed by atoms with Crippen molar-refractivity contribution in [3.63, 3.8) is 0 Å². The lowest BCUT2D eigenvalue weighted by Crippen LogP contribution is -2.00. The number of aromatic amines is 1. The molecule has 0 atom stereocenters. The van der Waals surface area contributed by atoms with Crippen molar-refractivity contribution in [1.82, 2.24) is 19.5 Å². The van der Waals surface area contributed by atoms with Crippen molar-refractivity contribution >= 4 is 27.8 Å². The predicted octanol–water partition coefficient (Wildman–Crippen LogP) is 3.74. The lowest BCUT2D eigenvalue weighted by Gasteiger charge is -2.07. The van der Waals surface area contributed by atoms with E-state index in [1.54, 1.807) is 0 Å². The first-order valence-corrected chi connectivity index (χ1v) is 7.33. The summed E-state index contributed by atoms with van der Waals surface area (Å²) in [6, 6.07) is 8.73. The molecule has 4 rings (SSSR count). The number of hydrogen-bond acceptors (Lipinski definition) is 3. The number of hydrogen-bond donors (Lipinski definition) is 2. The third-order valence-electron chi connectivity index (χ3n) is 4.06. The van der Waals surface area contributed by atoms with E-state index in [2.05, 4.69) is 63.8 Å². The number of aromatic nitrogens is 4. The molecule has 4 aromatic rings. The molecular weight excluding hydrogens is 274 g/mol. The van der Waals surface area contributed by atoms with Crippen molar-refractivity contribution < 1.29 is 0 Å². The second-order valence-corrected chi connectivity index (χ2v) is 5.78. The highest BCUT2D eigenvalue weighted by Gasteiger charge is 2.16. The average Bonchev–Trinajstić information content (AvgIpc) is 3.11. The Morgan fingerprint density at radius 2 is 2.05 bits per heavy atom. The summed E-state index contributed by atoms with van der Waals surface area (Å²) < 4.78 is 2.14. The molecule has 110 valence electrons. The topological polar surface area (TPSA) is 72.5 Å². The van der Waals surface area contributed by atoms with Gasteiger partial charge in [0, 0.05) is 29.5 Å². The van der Waals surface area contributed by atoms with Crippen LogP contribution in [0, 0.1) is 0 Å². The van der Waals surface area contributed by atoms with Crippen molar-refractivity contribution in [1.29, 1.82) is 0 Å². The Morgan fingerprint density at radius 3 is 2.86 bits per heavy atom. The van der Waals surface area contributed by atoms with Crippen LogP contribution in [-0.4, -0.2) is 19.5 Å². The Hall–Kier alpha value is -2.82. The zero-order chi connectivity index (χ0) is 15.3. The molecule has 0 amide bonds. The summed E-state index contributed by atoms with van der Waals surface area (Å²) in [7, 11) is 0. The first-order chi connectivity index (χ1) is 10.6. The second kappa shape index (κ2) is 4.59. The van der Waals surface area contributed by atoms with Gasteiger partial charge in [0.15, 0.2) is 0 Å². The van der Waals surface area contributed by atoms with Crippen LogP contribution in [0.1, 0.15) is 19.9 Å². The molecule has 0 spiro atoms. The van der Waals surface area contributed by atoms with E-state index in [0.29, 0.717) is 11.9 Å². The van der Waals surface area contributed by atoms with Crippen LogP contribution in [0.5, 0.6) is 0 Å². The molecule has 0 fully saturated rings. The van der Waals surface area contributed by atoms with Gasteiger partial charge < -0.3 is 15.3 Å². The molecule has 0 saturated carbocycles. The first-order valence-electron chi connectivity index (χ1n) is 7.33. The molecule has 1 aromatic carbocycles. The number of nitrogens with zero attached hydrogens (tertiary/aromatic N) is 3. The Balaban J connectivity index is 2.05. The Labute approximate surface area is 127 Å². The third-order valence-corrected chi connectivity index (χ3v) is 4.06. The van der Waals surface area contributed by atoms with Crippen LogP contribution in [0.2, 0.25) is 0 Å². The number of H-pyrrole nitrogens is 1. The zero-order valence-corrected chi connectivity index (χ0v) is 12.5. The summed E-state index contributed by atoms with van der Waals surface area (Å²) in [5.41, 5.74) is 10.3. The van der Waals surface area contributed by atoms with E-state index in [9.17, 15) is 0 Å². The Morgan fingerprint density at radius 1 is 1.18 bits per heavy atom. The van der Waals surface area contributed by atoms with Crippen LogP contribution in [0.4, 0.5) is 5.82 Å². The summed E-state index contributed by atoms with van der Waals surface area (Å²) in [4.78, 5) is 11.8.